The molecule has 2 heterocycles. The number of hydrogen-bond acceptors (Lipinski definition) is 3. The van der Waals surface area contributed by atoms with Crippen LogP contribution in [0.3, 0.4) is 0 Å². The average molecular weight is 238 g/mol. The van der Waals surface area contributed by atoms with Gasteiger partial charge >= 0.3 is 0 Å². The topological polar surface area (TPSA) is 42.7 Å². The summed E-state index contributed by atoms with van der Waals surface area (Å²) in [5.74, 6) is -0.701. The van der Waals surface area contributed by atoms with E-state index in [1.54, 1.807) is 12.4 Å². The third kappa shape index (κ3) is 1.98. The predicted octanol–water partition coefficient (Wildman–Crippen LogP) is 2.15. The van der Waals surface area contributed by atoms with E-state index in [9.17, 15) is 8.78 Å². The van der Waals surface area contributed by atoms with Gasteiger partial charge in [-0.3, -0.25) is 4.57 Å². The molecule has 17 heavy (non-hydrogen) atoms. The normalized spacial score (nSPS) is 10.6. The standard InChI is InChI=1S/C11H12F2N4/c1-3-9-15-4-5-17(9)11-8(13)6-7(12)10(14-2)16-11/h4-6H,3H2,1-2H3,(H,14,16). The predicted molar refractivity (Wildman–Crippen MR) is 60.2 cm³/mol. The molecule has 0 aliphatic rings. The molecule has 0 spiro atoms. The molecular formula is C11H12F2N4. The van der Waals surface area contributed by atoms with Gasteiger partial charge in [0.1, 0.15) is 5.82 Å². The van der Waals surface area contributed by atoms with Crippen molar-refractivity contribution in [1.82, 2.24) is 14.5 Å². The Hall–Kier alpha value is -1.98. The molecule has 0 aliphatic heterocycles. The molecule has 2 aromatic rings. The molecule has 0 saturated heterocycles. The third-order valence-corrected chi connectivity index (χ3v) is 2.41. The quantitative estimate of drug-likeness (QED) is 0.890. The molecule has 6 heteroatoms. The van der Waals surface area contributed by atoms with E-state index in [2.05, 4.69) is 15.3 Å². The molecular weight excluding hydrogens is 226 g/mol. The molecule has 0 bridgehead atoms. The fourth-order valence-corrected chi connectivity index (χ4v) is 1.59. The number of aromatic nitrogens is 3. The molecule has 0 amide bonds. The first-order chi connectivity index (χ1) is 8.17. The highest BCUT2D eigenvalue weighted by Gasteiger charge is 2.14. The van der Waals surface area contributed by atoms with Gasteiger partial charge in [0.2, 0.25) is 0 Å². The summed E-state index contributed by atoms with van der Waals surface area (Å²) in [6.07, 6.45) is 3.80. The zero-order chi connectivity index (χ0) is 12.4. The van der Waals surface area contributed by atoms with Crippen LogP contribution in [0.25, 0.3) is 5.82 Å². The lowest BCUT2D eigenvalue weighted by Crippen LogP contribution is -2.08. The molecule has 0 fully saturated rings. The van der Waals surface area contributed by atoms with Crippen LogP contribution in [0.15, 0.2) is 18.5 Å². The Kier molecular flexibility index (Phi) is 3.03. The van der Waals surface area contributed by atoms with Crippen molar-refractivity contribution in [2.75, 3.05) is 12.4 Å². The summed E-state index contributed by atoms with van der Waals surface area (Å²) in [5, 5.41) is 2.58. The first kappa shape index (κ1) is 11.5. The Bertz CT molecular complexity index is 536. The maximum absolute atomic E-state index is 13.7. The summed E-state index contributed by atoms with van der Waals surface area (Å²) < 4.78 is 28.4. The average Bonchev–Trinajstić information content (AvgIpc) is 2.77. The van der Waals surface area contributed by atoms with E-state index in [1.807, 2.05) is 6.92 Å². The first-order valence-corrected chi connectivity index (χ1v) is 5.23. The van der Waals surface area contributed by atoms with Gasteiger partial charge in [0.05, 0.1) is 0 Å². The van der Waals surface area contributed by atoms with Crippen LogP contribution >= 0.6 is 0 Å². The monoisotopic (exact) mass is 238 g/mol. The molecule has 2 rings (SSSR count). The van der Waals surface area contributed by atoms with Crippen molar-refractivity contribution < 1.29 is 8.78 Å². The van der Waals surface area contributed by atoms with E-state index >= 15 is 0 Å². The number of hydrogen-bond donors (Lipinski definition) is 1. The van der Waals surface area contributed by atoms with Gasteiger partial charge in [-0.1, -0.05) is 6.92 Å². The van der Waals surface area contributed by atoms with Crippen molar-refractivity contribution in [3.05, 3.63) is 35.9 Å². The fourth-order valence-electron chi connectivity index (χ4n) is 1.59. The Morgan fingerprint density at radius 1 is 1.35 bits per heavy atom. The van der Waals surface area contributed by atoms with Crippen LogP contribution in [0.1, 0.15) is 12.7 Å². The van der Waals surface area contributed by atoms with Crippen molar-refractivity contribution in [3.8, 4) is 5.82 Å². The number of rotatable bonds is 3. The van der Waals surface area contributed by atoms with Gasteiger partial charge in [0.15, 0.2) is 23.3 Å². The van der Waals surface area contributed by atoms with Gasteiger partial charge in [-0.15, -0.1) is 0 Å². The largest absolute Gasteiger partial charge is 0.371 e. The second-order valence-corrected chi connectivity index (χ2v) is 3.44. The molecule has 0 unspecified atom stereocenters. The minimum absolute atomic E-state index is 0.0113. The Balaban J connectivity index is 2.59. The lowest BCUT2D eigenvalue weighted by molar-refractivity contribution is 0.567. The van der Waals surface area contributed by atoms with E-state index in [0.29, 0.717) is 12.2 Å². The Morgan fingerprint density at radius 2 is 2.12 bits per heavy atom. The second-order valence-electron chi connectivity index (χ2n) is 3.44. The number of pyridine rings is 1. The summed E-state index contributed by atoms with van der Waals surface area (Å²) in [5.41, 5.74) is 0. The number of aryl methyl sites for hydroxylation is 1. The maximum Gasteiger partial charge on any atom is 0.176 e. The molecule has 0 aliphatic carbocycles. The summed E-state index contributed by atoms with van der Waals surface area (Å²) in [6, 6.07) is 0.813. The highest BCUT2D eigenvalue weighted by molar-refractivity contribution is 5.42. The van der Waals surface area contributed by atoms with Gasteiger partial charge in [-0.05, 0) is 0 Å². The van der Waals surface area contributed by atoms with Gasteiger partial charge in [0, 0.05) is 31.9 Å². The van der Waals surface area contributed by atoms with Crippen LogP contribution in [0.2, 0.25) is 0 Å². The molecule has 0 saturated carbocycles. The van der Waals surface area contributed by atoms with Gasteiger partial charge in [-0.25, -0.2) is 18.7 Å². The highest BCUT2D eigenvalue weighted by atomic mass is 19.1. The zero-order valence-electron chi connectivity index (χ0n) is 9.54. The van der Waals surface area contributed by atoms with Crippen LogP contribution in [-0.4, -0.2) is 21.6 Å². The molecule has 0 atom stereocenters. The van der Waals surface area contributed by atoms with E-state index in [-0.39, 0.29) is 11.6 Å². The van der Waals surface area contributed by atoms with Crippen molar-refractivity contribution in [3.63, 3.8) is 0 Å². The Morgan fingerprint density at radius 3 is 2.76 bits per heavy atom. The molecule has 4 nitrogen and oxygen atoms in total. The summed E-state index contributed by atoms with van der Waals surface area (Å²) >= 11 is 0. The van der Waals surface area contributed by atoms with Gasteiger partial charge in [0.25, 0.3) is 0 Å². The summed E-state index contributed by atoms with van der Waals surface area (Å²) in [6.45, 7) is 1.90. The molecule has 0 aromatic carbocycles. The van der Waals surface area contributed by atoms with Crippen molar-refractivity contribution >= 4 is 5.82 Å². The second kappa shape index (κ2) is 4.48. The minimum atomic E-state index is -0.716. The number of anilines is 1. The number of imidazole rings is 1. The fraction of sp³-hybridized carbons (Fsp3) is 0.273. The van der Waals surface area contributed by atoms with Crippen molar-refractivity contribution in [1.29, 1.82) is 0 Å². The van der Waals surface area contributed by atoms with Crippen LogP contribution < -0.4 is 5.32 Å². The van der Waals surface area contributed by atoms with Crippen LogP contribution in [-0.2, 0) is 6.42 Å². The zero-order valence-corrected chi connectivity index (χ0v) is 9.54. The lowest BCUT2D eigenvalue weighted by atomic mass is 10.3. The molecule has 0 radical (unpaired) electrons. The van der Waals surface area contributed by atoms with E-state index in [4.69, 9.17) is 0 Å². The van der Waals surface area contributed by atoms with E-state index < -0.39 is 11.6 Å². The molecule has 90 valence electrons. The van der Waals surface area contributed by atoms with Crippen LogP contribution in [0.5, 0.6) is 0 Å². The maximum atomic E-state index is 13.7. The SMILES string of the molecule is CCc1nccn1-c1nc(NC)c(F)cc1F. The Labute approximate surface area is 97.3 Å². The number of nitrogens with zero attached hydrogens (tertiary/aromatic N) is 3. The van der Waals surface area contributed by atoms with Crippen LogP contribution in [0.4, 0.5) is 14.6 Å². The highest BCUT2D eigenvalue weighted by Crippen LogP contribution is 2.19. The smallest absolute Gasteiger partial charge is 0.176 e. The van der Waals surface area contributed by atoms with Crippen LogP contribution in [0, 0.1) is 11.6 Å². The first-order valence-electron chi connectivity index (χ1n) is 5.23. The number of halogens is 2. The molecule has 1 N–H and O–H groups in total. The van der Waals surface area contributed by atoms with Gasteiger partial charge < -0.3 is 5.32 Å². The van der Waals surface area contributed by atoms with Crippen molar-refractivity contribution in [2.45, 2.75) is 13.3 Å². The minimum Gasteiger partial charge on any atom is -0.371 e. The number of nitrogens with one attached hydrogen (secondary N) is 1. The van der Waals surface area contributed by atoms with Crippen molar-refractivity contribution in [2.24, 2.45) is 0 Å². The lowest BCUT2D eigenvalue weighted by Gasteiger charge is -2.09. The van der Waals surface area contributed by atoms with E-state index in [1.165, 1.54) is 11.6 Å². The van der Waals surface area contributed by atoms with Gasteiger partial charge in [-0.2, -0.15) is 0 Å². The summed E-state index contributed by atoms with van der Waals surface area (Å²) in [7, 11) is 1.53. The third-order valence-electron chi connectivity index (χ3n) is 2.41. The molecule has 2 aromatic heterocycles. The summed E-state index contributed by atoms with van der Waals surface area (Å²) in [4.78, 5) is 7.98. The van der Waals surface area contributed by atoms with E-state index in [0.717, 1.165) is 6.07 Å².